The lowest BCUT2D eigenvalue weighted by atomic mass is 10.1. The van der Waals surface area contributed by atoms with Gasteiger partial charge in [-0.05, 0) is 54.1 Å². The van der Waals surface area contributed by atoms with Crippen molar-refractivity contribution < 1.29 is 13.2 Å². The third-order valence-electron chi connectivity index (χ3n) is 6.27. The predicted octanol–water partition coefficient (Wildman–Crippen LogP) is 3.57. The van der Waals surface area contributed by atoms with Gasteiger partial charge in [-0.2, -0.15) is 9.41 Å². The molecule has 2 heterocycles. The van der Waals surface area contributed by atoms with Crippen molar-refractivity contribution in [3.8, 4) is 0 Å². The number of amides is 1. The van der Waals surface area contributed by atoms with E-state index in [1.54, 1.807) is 17.0 Å². The highest BCUT2D eigenvalue weighted by molar-refractivity contribution is 7.89. The minimum Gasteiger partial charge on any atom is -0.336 e. The van der Waals surface area contributed by atoms with Crippen molar-refractivity contribution in [2.24, 2.45) is 5.10 Å². The molecular formula is C25H26N4O3S. The van der Waals surface area contributed by atoms with Crippen LogP contribution in [0, 0.1) is 0 Å². The van der Waals surface area contributed by atoms with Crippen LogP contribution in [0.15, 0.2) is 76.7 Å². The quantitative estimate of drug-likeness (QED) is 0.594. The second-order valence-electron chi connectivity index (χ2n) is 8.46. The first-order valence-electron chi connectivity index (χ1n) is 11.1. The molecule has 0 radical (unpaired) electrons. The molecule has 0 atom stereocenters. The molecular weight excluding hydrogens is 436 g/mol. The molecule has 1 amide bonds. The van der Waals surface area contributed by atoms with Crippen molar-refractivity contribution >= 4 is 38.1 Å². The van der Waals surface area contributed by atoms with Crippen LogP contribution < -0.4 is 5.01 Å². The summed E-state index contributed by atoms with van der Waals surface area (Å²) in [6, 6.07) is 20.4. The highest BCUT2D eigenvalue weighted by Crippen LogP contribution is 2.24. The zero-order chi connectivity index (χ0) is 23.0. The summed E-state index contributed by atoms with van der Waals surface area (Å²) in [6.45, 7) is 4.15. The Balaban J connectivity index is 1.25. The van der Waals surface area contributed by atoms with Gasteiger partial charge in [0.1, 0.15) is 0 Å². The first kappa shape index (κ1) is 21.6. The first-order valence-corrected chi connectivity index (χ1v) is 12.6. The molecule has 7 nitrogen and oxygen atoms in total. The molecule has 170 valence electrons. The Bertz CT molecular complexity index is 1330. The van der Waals surface area contributed by atoms with E-state index in [0.717, 1.165) is 35.1 Å². The van der Waals surface area contributed by atoms with Crippen molar-refractivity contribution in [3.63, 3.8) is 0 Å². The number of sulfonamides is 1. The molecule has 33 heavy (non-hydrogen) atoms. The third-order valence-corrected chi connectivity index (χ3v) is 8.17. The van der Waals surface area contributed by atoms with Crippen LogP contribution in [0.5, 0.6) is 0 Å². The lowest BCUT2D eigenvalue weighted by Gasteiger charge is -2.34. The number of piperazine rings is 1. The largest absolute Gasteiger partial charge is 0.336 e. The Morgan fingerprint density at radius 1 is 0.848 bits per heavy atom. The summed E-state index contributed by atoms with van der Waals surface area (Å²) in [5.41, 5.74) is 2.67. The summed E-state index contributed by atoms with van der Waals surface area (Å²) >= 11 is 0. The van der Waals surface area contributed by atoms with Crippen LogP contribution >= 0.6 is 0 Å². The van der Waals surface area contributed by atoms with E-state index in [4.69, 9.17) is 0 Å². The van der Waals surface area contributed by atoms with Crippen LogP contribution in [-0.2, 0) is 10.0 Å². The fraction of sp³-hybridized carbons (Fsp3) is 0.280. The summed E-state index contributed by atoms with van der Waals surface area (Å²) in [5.74, 6) is -0.0783. The first-order chi connectivity index (χ1) is 15.9. The molecule has 8 heteroatoms. The van der Waals surface area contributed by atoms with E-state index in [0.29, 0.717) is 18.7 Å². The molecule has 1 fully saturated rings. The maximum absolute atomic E-state index is 13.2. The minimum absolute atomic E-state index is 0.0783. The molecule has 0 saturated carbocycles. The van der Waals surface area contributed by atoms with E-state index in [9.17, 15) is 13.2 Å². The predicted molar refractivity (Wildman–Crippen MR) is 130 cm³/mol. The maximum atomic E-state index is 13.2. The number of hydrogen-bond acceptors (Lipinski definition) is 5. The van der Waals surface area contributed by atoms with Crippen molar-refractivity contribution in [1.82, 2.24) is 9.21 Å². The lowest BCUT2D eigenvalue weighted by Crippen LogP contribution is -2.50. The van der Waals surface area contributed by atoms with Gasteiger partial charge in [0.15, 0.2) is 0 Å². The standard InChI is InChI=1S/C25H26N4O3S/c1-19-12-13-29(26-19)23-9-6-21(7-10-23)25(30)27-14-16-28(17-15-27)33(31,32)24-11-8-20-4-2-3-5-22(20)18-24/h2-11,18H,12-17H2,1H3. The van der Waals surface area contributed by atoms with Gasteiger partial charge in [0.2, 0.25) is 10.0 Å². The van der Waals surface area contributed by atoms with Gasteiger partial charge in [-0.3, -0.25) is 9.80 Å². The van der Waals surface area contributed by atoms with E-state index in [-0.39, 0.29) is 23.9 Å². The van der Waals surface area contributed by atoms with E-state index in [1.807, 2.05) is 66.5 Å². The SMILES string of the molecule is CC1=NN(c2ccc(C(=O)N3CCN(S(=O)(=O)c4ccc5ccccc5c4)CC3)cc2)CC1. The Morgan fingerprint density at radius 2 is 1.55 bits per heavy atom. The monoisotopic (exact) mass is 462 g/mol. The summed E-state index contributed by atoms with van der Waals surface area (Å²) in [5, 5.41) is 8.33. The summed E-state index contributed by atoms with van der Waals surface area (Å²) < 4.78 is 27.8. The average molecular weight is 463 g/mol. The molecule has 1 saturated heterocycles. The number of rotatable bonds is 4. The minimum atomic E-state index is -3.61. The van der Waals surface area contributed by atoms with Gasteiger partial charge in [-0.1, -0.05) is 30.3 Å². The van der Waals surface area contributed by atoms with Gasteiger partial charge in [0.05, 0.1) is 10.6 Å². The average Bonchev–Trinajstić information content (AvgIpc) is 3.29. The molecule has 5 rings (SSSR count). The number of anilines is 1. The molecule has 0 unspecified atom stereocenters. The molecule has 3 aromatic carbocycles. The molecule has 0 spiro atoms. The number of hydrazone groups is 1. The van der Waals surface area contributed by atoms with Crippen LogP contribution in [0.4, 0.5) is 5.69 Å². The molecule has 0 bridgehead atoms. The number of carbonyl (C=O) groups excluding carboxylic acids is 1. The van der Waals surface area contributed by atoms with E-state index in [2.05, 4.69) is 5.10 Å². The molecule has 2 aliphatic rings. The Hall–Kier alpha value is -3.23. The van der Waals surface area contributed by atoms with Crippen LogP contribution in [-0.4, -0.2) is 62.0 Å². The second kappa shape index (κ2) is 8.61. The van der Waals surface area contributed by atoms with Crippen LogP contribution in [0.1, 0.15) is 23.7 Å². The van der Waals surface area contributed by atoms with E-state index >= 15 is 0 Å². The zero-order valence-electron chi connectivity index (χ0n) is 18.5. The van der Waals surface area contributed by atoms with Gasteiger partial charge in [0.25, 0.3) is 5.91 Å². The van der Waals surface area contributed by atoms with E-state index in [1.165, 1.54) is 4.31 Å². The van der Waals surface area contributed by atoms with Crippen molar-refractivity contribution in [2.75, 3.05) is 37.7 Å². The van der Waals surface area contributed by atoms with Crippen LogP contribution in [0.3, 0.4) is 0 Å². The Kier molecular flexibility index (Phi) is 5.64. The zero-order valence-corrected chi connectivity index (χ0v) is 19.3. The Morgan fingerprint density at radius 3 is 2.21 bits per heavy atom. The van der Waals surface area contributed by atoms with Crippen LogP contribution in [0.2, 0.25) is 0 Å². The topological polar surface area (TPSA) is 73.3 Å². The van der Waals surface area contributed by atoms with Crippen molar-refractivity contribution in [3.05, 3.63) is 72.3 Å². The third kappa shape index (κ3) is 4.24. The normalized spacial score (nSPS) is 17.4. The fourth-order valence-corrected chi connectivity index (χ4v) is 5.79. The van der Waals surface area contributed by atoms with Gasteiger partial charge in [0, 0.05) is 50.4 Å². The number of carbonyl (C=O) groups is 1. The number of nitrogens with zero attached hydrogens (tertiary/aromatic N) is 4. The van der Waals surface area contributed by atoms with Gasteiger partial charge >= 0.3 is 0 Å². The van der Waals surface area contributed by atoms with Crippen LogP contribution in [0.25, 0.3) is 10.8 Å². The molecule has 0 aliphatic carbocycles. The molecule has 0 aromatic heterocycles. The highest BCUT2D eigenvalue weighted by atomic mass is 32.2. The second-order valence-corrected chi connectivity index (χ2v) is 10.4. The Labute approximate surface area is 194 Å². The lowest BCUT2D eigenvalue weighted by molar-refractivity contribution is 0.0698. The van der Waals surface area contributed by atoms with Crippen molar-refractivity contribution in [2.45, 2.75) is 18.2 Å². The number of hydrogen-bond donors (Lipinski definition) is 0. The fourth-order valence-electron chi connectivity index (χ4n) is 4.33. The molecule has 0 N–H and O–H groups in total. The summed E-state index contributed by atoms with van der Waals surface area (Å²) in [4.78, 5) is 15.0. The maximum Gasteiger partial charge on any atom is 0.253 e. The number of benzene rings is 3. The van der Waals surface area contributed by atoms with Gasteiger partial charge in [-0.25, -0.2) is 8.42 Å². The van der Waals surface area contributed by atoms with E-state index < -0.39 is 10.0 Å². The molecule has 3 aromatic rings. The summed E-state index contributed by atoms with van der Waals surface area (Å²) in [6.07, 6.45) is 0.951. The molecule has 2 aliphatic heterocycles. The van der Waals surface area contributed by atoms with Gasteiger partial charge in [-0.15, -0.1) is 0 Å². The number of fused-ring (bicyclic) bond motifs is 1. The summed E-state index contributed by atoms with van der Waals surface area (Å²) in [7, 11) is -3.61. The van der Waals surface area contributed by atoms with Crippen molar-refractivity contribution in [1.29, 1.82) is 0 Å². The highest BCUT2D eigenvalue weighted by Gasteiger charge is 2.30. The van der Waals surface area contributed by atoms with Gasteiger partial charge < -0.3 is 4.90 Å². The smallest absolute Gasteiger partial charge is 0.253 e.